The van der Waals surface area contributed by atoms with Crippen LogP contribution in [0.2, 0.25) is 0 Å². The second-order valence-electron chi connectivity index (χ2n) is 7.82. The van der Waals surface area contributed by atoms with Gasteiger partial charge in [-0.2, -0.15) is 0 Å². The molecular formula is C24H30N2O5. The number of nitrogens with one attached hydrogen (secondary N) is 1. The fourth-order valence-corrected chi connectivity index (χ4v) is 4.06. The Morgan fingerprint density at radius 2 is 1.84 bits per heavy atom. The van der Waals surface area contributed by atoms with Crippen molar-refractivity contribution in [1.82, 2.24) is 5.32 Å². The number of aliphatic hydroxyl groups is 1. The molecule has 3 unspecified atom stereocenters. The summed E-state index contributed by atoms with van der Waals surface area (Å²) in [4.78, 5) is 26.8. The molecule has 166 valence electrons. The number of ether oxygens (including phenoxy) is 2. The van der Waals surface area contributed by atoms with Crippen molar-refractivity contribution in [3.05, 3.63) is 65.2 Å². The number of alkyl carbamates (subject to hydrolysis) is 1. The van der Waals surface area contributed by atoms with E-state index in [0.717, 1.165) is 16.8 Å². The van der Waals surface area contributed by atoms with Crippen molar-refractivity contribution in [1.29, 1.82) is 0 Å². The molecule has 4 atom stereocenters. The summed E-state index contributed by atoms with van der Waals surface area (Å²) in [5.41, 5.74) is 2.81. The highest BCUT2D eigenvalue weighted by atomic mass is 16.5. The third kappa shape index (κ3) is 4.99. The Morgan fingerprint density at radius 1 is 1.13 bits per heavy atom. The summed E-state index contributed by atoms with van der Waals surface area (Å²) in [6, 6.07) is 14.2. The molecule has 1 heterocycles. The number of esters is 1. The first-order valence-electron chi connectivity index (χ1n) is 10.6. The summed E-state index contributed by atoms with van der Waals surface area (Å²) in [6.07, 6.45) is -1.26. The summed E-state index contributed by atoms with van der Waals surface area (Å²) >= 11 is 0. The molecule has 0 spiro atoms. The molecule has 0 fully saturated rings. The van der Waals surface area contributed by atoms with E-state index in [9.17, 15) is 14.7 Å². The van der Waals surface area contributed by atoms with Crippen molar-refractivity contribution >= 4 is 17.7 Å². The molecule has 3 rings (SSSR count). The Morgan fingerprint density at radius 3 is 2.48 bits per heavy atom. The highest BCUT2D eigenvalue weighted by molar-refractivity contribution is 5.90. The van der Waals surface area contributed by atoms with Gasteiger partial charge in [-0.05, 0) is 50.1 Å². The van der Waals surface area contributed by atoms with E-state index >= 15 is 0 Å². The Kier molecular flexibility index (Phi) is 7.17. The molecule has 0 aromatic heterocycles. The van der Waals surface area contributed by atoms with E-state index in [1.807, 2.05) is 49.1 Å². The lowest BCUT2D eigenvalue weighted by Gasteiger charge is -2.46. The number of rotatable bonds is 6. The van der Waals surface area contributed by atoms with Gasteiger partial charge in [-0.3, -0.25) is 0 Å². The lowest BCUT2D eigenvalue weighted by atomic mass is 9.82. The smallest absolute Gasteiger partial charge is 0.407 e. The Bertz CT molecular complexity index is 915. The fourth-order valence-electron chi connectivity index (χ4n) is 4.06. The van der Waals surface area contributed by atoms with Crippen molar-refractivity contribution in [3.63, 3.8) is 0 Å². The maximum absolute atomic E-state index is 12.6. The number of carbonyl (C=O) groups is 2. The van der Waals surface area contributed by atoms with Crippen LogP contribution in [0.5, 0.6) is 0 Å². The van der Waals surface area contributed by atoms with Crippen LogP contribution in [0.4, 0.5) is 10.5 Å². The SMILES string of the molecule is CCOC(=O)c1ccc2c(c1)C(NC(=O)OCc1ccccc1)C(C)[C@H](C)N2C(C)O. The van der Waals surface area contributed by atoms with Gasteiger partial charge in [0.1, 0.15) is 12.8 Å². The summed E-state index contributed by atoms with van der Waals surface area (Å²) in [6.45, 7) is 7.90. The number of fused-ring (bicyclic) bond motifs is 1. The Balaban J connectivity index is 1.88. The number of hydrogen-bond acceptors (Lipinski definition) is 6. The van der Waals surface area contributed by atoms with Crippen LogP contribution in [-0.4, -0.2) is 36.0 Å². The minimum Gasteiger partial charge on any atom is -0.462 e. The number of amides is 1. The molecule has 0 radical (unpaired) electrons. The highest BCUT2D eigenvalue weighted by Gasteiger charge is 2.39. The summed E-state index contributed by atoms with van der Waals surface area (Å²) in [5.74, 6) is -0.477. The first-order chi connectivity index (χ1) is 14.8. The molecule has 31 heavy (non-hydrogen) atoms. The molecular weight excluding hydrogens is 396 g/mol. The molecule has 1 aliphatic rings. The first-order valence-corrected chi connectivity index (χ1v) is 10.6. The second-order valence-corrected chi connectivity index (χ2v) is 7.82. The molecule has 2 aromatic carbocycles. The largest absolute Gasteiger partial charge is 0.462 e. The van der Waals surface area contributed by atoms with E-state index < -0.39 is 24.3 Å². The minimum absolute atomic E-state index is 0.0520. The molecule has 0 saturated carbocycles. The highest BCUT2D eigenvalue weighted by Crippen LogP contribution is 2.42. The van der Waals surface area contributed by atoms with Gasteiger partial charge < -0.3 is 24.8 Å². The normalized spacial score (nSPS) is 21.1. The van der Waals surface area contributed by atoms with Crippen LogP contribution < -0.4 is 10.2 Å². The average Bonchev–Trinajstić information content (AvgIpc) is 2.76. The lowest BCUT2D eigenvalue weighted by Crippen LogP contribution is -2.52. The van der Waals surface area contributed by atoms with Gasteiger partial charge in [-0.15, -0.1) is 0 Å². The zero-order valence-electron chi connectivity index (χ0n) is 18.4. The van der Waals surface area contributed by atoms with Gasteiger partial charge in [0.2, 0.25) is 0 Å². The summed E-state index contributed by atoms with van der Waals surface area (Å²) < 4.78 is 10.5. The number of benzene rings is 2. The second kappa shape index (κ2) is 9.83. The molecule has 2 aromatic rings. The molecule has 2 N–H and O–H groups in total. The van der Waals surface area contributed by atoms with Crippen molar-refractivity contribution in [2.45, 2.75) is 52.6 Å². The van der Waals surface area contributed by atoms with Crippen LogP contribution in [0.3, 0.4) is 0 Å². The minimum atomic E-state index is -0.726. The molecule has 0 bridgehead atoms. The van der Waals surface area contributed by atoms with Crippen LogP contribution in [0.1, 0.15) is 55.2 Å². The van der Waals surface area contributed by atoms with Gasteiger partial charge in [-0.25, -0.2) is 9.59 Å². The van der Waals surface area contributed by atoms with E-state index in [1.165, 1.54) is 0 Å². The molecule has 7 nitrogen and oxygen atoms in total. The number of anilines is 1. The van der Waals surface area contributed by atoms with Crippen LogP contribution in [0.15, 0.2) is 48.5 Å². The molecule has 0 saturated heterocycles. The lowest BCUT2D eigenvalue weighted by molar-refractivity contribution is 0.0526. The number of aliphatic hydroxyl groups excluding tert-OH is 1. The predicted octanol–water partition coefficient (Wildman–Crippen LogP) is 4.01. The predicted molar refractivity (Wildman–Crippen MR) is 118 cm³/mol. The fraction of sp³-hybridized carbons (Fsp3) is 0.417. The molecule has 7 heteroatoms. The maximum Gasteiger partial charge on any atom is 0.407 e. The molecule has 1 amide bonds. The van der Waals surface area contributed by atoms with Gasteiger partial charge in [0.05, 0.1) is 18.2 Å². The third-order valence-electron chi connectivity index (χ3n) is 5.77. The standard InChI is InChI=1S/C24H30N2O5/c1-5-30-23(28)19-11-12-21-20(13-19)22(15(2)16(3)26(21)17(4)27)25-24(29)31-14-18-9-7-6-8-10-18/h6-13,15-17,22,27H,5,14H2,1-4H3,(H,25,29)/t15?,16-,17?,22?/m0/s1. The topological polar surface area (TPSA) is 88.1 Å². The summed E-state index contributed by atoms with van der Waals surface area (Å²) in [7, 11) is 0. The van der Waals surface area contributed by atoms with Crippen LogP contribution in [0.25, 0.3) is 0 Å². The van der Waals surface area contributed by atoms with Gasteiger partial charge in [-0.1, -0.05) is 37.3 Å². The monoisotopic (exact) mass is 426 g/mol. The zero-order valence-corrected chi connectivity index (χ0v) is 18.4. The van der Waals surface area contributed by atoms with Gasteiger partial charge >= 0.3 is 12.1 Å². The van der Waals surface area contributed by atoms with E-state index in [2.05, 4.69) is 5.32 Å². The van der Waals surface area contributed by atoms with Crippen molar-refractivity contribution in [2.75, 3.05) is 11.5 Å². The van der Waals surface area contributed by atoms with E-state index in [0.29, 0.717) is 5.56 Å². The van der Waals surface area contributed by atoms with Gasteiger partial charge in [0, 0.05) is 17.6 Å². The third-order valence-corrected chi connectivity index (χ3v) is 5.77. The van der Waals surface area contributed by atoms with Crippen LogP contribution in [0, 0.1) is 5.92 Å². The van der Waals surface area contributed by atoms with Crippen LogP contribution in [-0.2, 0) is 16.1 Å². The quantitative estimate of drug-likeness (QED) is 0.679. The number of nitrogens with zero attached hydrogens (tertiary/aromatic N) is 1. The Labute approximate surface area is 183 Å². The van der Waals surface area contributed by atoms with E-state index in [1.54, 1.807) is 32.0 Å². The first kappa shape index (κ1) is 22.6. The van der Waals surface area contributed by atoms with Crippen LogP contribution >= 0.6 is 0 Å². The number of hydrogen-bond donors (Lipinski definition) is 2. The van der Waals surface area contributed by atoms with E-state index in [4.69, 9.17) is 9.47 Å². The summed E-state index contributed by atoms with van der Waals surface area (Å²) in [5, 5.41) is 13.3. The number of carbonyl (C=O) groups excluding carboxylic acids is 2. The van der Waals surface area contributed by atoms with Gasteiger partial charge in [0.25, 0.3) is 0 Å². The van der Waals surface area contributed by atoms with Gasteiger partial charge in [0.15, 0.2) is 0 Å². The Hall–Kier alpha value is -3.06. The van der Waals surface area contributed by atoms with Crippen molar-refractivity contribution < 1.29 is 24.2 Å². The molecule has 1 aliphatic heterocycles. The van der Waals surface area contributed by atoms with Crippen molar-refractivity contribution in [2.24, 2.45) is 5.92 Å². The van der Waals surface area contributed by atoms with E-state index in [-0.39, 0.29) is 25.2 Å². The average molecular weight is 427 g/mol. The maximum atomic E-state index is 12.6. The van der Waals surface area contributed by atoms with Crippen molar-refractivity contribution in [3.8, 4) is 0 Å². The molecule has 0 aliphatic carbocycles. The zero-order chi connectivity index (χ0) is 22.5.